The number of benzene rings is 3. The average Bonchev–Trinajstić information content (AvgIpc) is 3.29. The molecule has 1 amide bonds. The van der Waals surface area contributed by atoms with E-state index < -0.39 is 0 Å². The number of aryl methyl sites for hydroxylation is 1. The topological polar surface area (TPSA) is 58.8 Å². The number of carbonyl (C=O) groups is 1. The zero-order valence-corrected chi connectivity index (χ0v) is 20.2. The molecule has 3 aromatic carbocycles. The molecule has 0 N–H and O–H groups in total. The second-order valence-corrected chi connectivity index (χ2v) is 9.32. The van der Waals surface area contributed by atoms with E-state index in [-0.39, 0.29) is 5.91 Å². The Labute approximate surface area is 203 Å². The molecule has 0 saturated carbocycles. The molecule has 7 heteroatoms. The van der Waals surface area contributed by atoms with E-state index in [9.17, 15) is 4.79 Å². The molecular formula is C27H27N3O3S. The molecule has 0 radical (unpaired) electrons. The van der Waals surface area contributed by atoms with Crippen LogP contribution in [0, 0.1) is 6.92 Å². The van der Waals surface area contributed by atoms with Crippen LogP contribution in [0.1, 0.15) is 21.5 Å². The lowest BCUT2D eigenvalue weighted by Gasteiger charge is -2.36. The Morgan fingerprint density at radius 3 is 2.68 bits per heavy atom. The first-order valence-electron chi connectivity index (χ1n) is 11.4. The van der Waals surface area contributed by atoms with E-state index in [0.717, 1.165) is 52.3 Å². The summed E-state index contributed by atoms with van der Waals surface area (Å²) < 4.78 is 11.3. The second-order valence-electron chi connectivity index (χ2n) is 8.39. The molecule has 5 rings (SSSR count). The Morgan fingerprint density at radius 1 is 1.03 bits per heavy atom. The SMILES string of the molecule is COc1ccccc1N1CCN(C(=O)c2cccc(CSc3nc4cc(C)ccc4o3)c2)CC1. The smallest absolute Gasteiger partial charge is 0.257 e. The van der Waals surface area contributed by atoms with Gasteiger partial charge in [-0.3, -0.25) is 4.79 Å². The zero-order chi connectivity index (χ0) is 23.5. The van der Waals surface area contributed by atoms with E-state index in [1.54, 1.807) is 18.9 Å². The molecule has 1 aliphatic rings. The van der Waals surface area contributed by atoms with Gasteiger partial charge in [0, 0.05) is 37.5 Å². The summed E-state index contributed by atoms with van der Waals surface area (Å²) in [5, 5.41) is 0.643. The number of oxazole rings is 1. The fourth-order valence-corrected chi connectivity index (χ4v) is 5.02. The number of para-hydroxylation sites is 2. The van der Waals surface area contributed by atoms with Crippen molar-refractivity contribution in [2.75, 3.05) is 38.2 Å². The highest BCUT2D eigenvalue weighted by Gasteiger charge is 2.24. The monoisotopic (exact) mass is 473 g/mol. The molecule has 34 heavy (non-hydrogen) atoms. The van der Waals surface area contributed by atoms with Gasteiger partial charge in [-0.1, -0.05) is 42.1 Å². The Hall–Kier alpha value is -3.45. The van der Waals surface area contributed by atoms with Gasteiger partial charge in [0.05, 0.1) is 12.8 Å². The number of thioether (sulfide) groups is 1. The molecule has 4 aromatic rings. The van der Waals surface area contributed by atoms with Gasteiger partial charge in [0.1, 0.15) is 11.3 Å². The summed E-state index contributed by atoms with van der Waals surface area (Å²) in [5.74, 6) is 1.62. The summed E-state index contributed by atoms with van der Waals surface area (Å²) in [5.41, 5.74) is 5.69. The maximum absolute atomic E-state index is 13.2. The number of fused-ring (bicyclic) bond motifs is 1. The van der Waals surface area contributed by atoms with Crippen molar-refractivity contribution < 1.29 is 13.9 Å². The van der Waals surface area contributed by atoms with Crippen LogP contribution in [0.25, 0.3) is 11.1 Å². The first kappa shape index (κ1) is 22.3. The normalized spacial score (nSPS) is 13.9. The van der Waals surface area contributed by atoms with Crippen molar-refractivity contribution in [3.05, 3.63) is 83.4 Å². The maximum Gasteiger partial charge on any atom is 0.257 e. The number of amides is 1. The van der Waals surface area contributed by atoms with E-state index in [0.29, 0.717) is 24.1 Å². The van der Waals surface area contributed by atoms with Crippen molar-refractivity contribution in [3.8, 4) is 5.75 Å². The number of carbonyl (C=O) groups excluding carboxylic acids is 1. The van der Waals surface area contributed by atoms with Crippen LogP contribution in [0.2, 0.25) is 0 Å². The Bertz CT molecular complexity index is 1310. The molecule has 1 aliphatic heterocycles. The van der Waals surface area contributed by atoms with Crippen LogP contribution >= 0.6 is 11.8 Å². The number of ether oxygens (including phenoxy) is 1. The average molecular weight is 474 g/mol. The molecule has 1 saturated heterocycles. The van der Waals surface area contributed by atoms with E-state index in [1.165, 1.54) is 0 Å². The lowest BCUT2D eigenvalue weighted by molar-refractivity contribution is 0.0746. The van der Waals surface area contributed by atoms with E-state index in [4.69, 9.17) is 9.15 Å². The van der Waals surface area contributed by atoms with Crippen LogP contribution in [-0.2, 0) is 5.75 Å². The fourth-order valence-electron chi connectivity index (χ4n) is 4.24. The minimum absolute atomic E-state index is 0.0730. The molecule has 174 valence electrons. The van der Waals surface area contributed by atoms with Crippen LogP contribution in [0.4, 0.5) is 5.69 Å². The van der Waals surface area contributed by atoms with Crippen molar-refractivity contribution in [2.24, 2.45) is 0 Å². The molecular weight excluding hydrogens is 446 g/mol. The summed E-state index contributed by atoms with van der Waals surface area (Å²) in [6.07, 6.45) is 0. The molecule has 0 atom stereocenters. The van der Waals surface area contributed by atoms with Crippen molar-refractivity contribution in [2.45, 2.75) is 17.9 Å². The van der Waals surface area contributed by atoms with E-state index in [1.807, 2.05) is 72.5 Å². The number of aromatic nitrogens is 1. The van der Waals surface area contributed by atoms with Crippen molar-refractivity contribution in [1.29, 1.82) is 0 Å². The van der Waals surface area contributed by atoms with Crippen LogP contribution in [0.3, 0.4) is 0 Å². The van der Waals surface area contributed by atoms with Crippen molar-refractivity contribution >= 4 is 34.5 Å². The van der Waals surface area contributed by atoms with Gasteiger partial charge in [-0.15, -0.1) is 0 Å². The van der Waals surface area contributed by atoms with Crippen LogP contribution in [-0.4, -0.2) is 49.1 Å². The zero-order valence-electron chi connectivity index (χ0n) is 19.4. The van der Waals surface area contributed by atoms with Gasteiger partial charge >= 0.3 is 0 Å². The van der Waals surface area contributed by atoms with Gasteiger partial charge in [-0.05, 0) is 54.4 Å². The number of hydrogen-bond acceptors (Lipinski definition) is 6. The number of piperazine rings is 1. The third-order valence-corrected chi connectivity index (χ3v) is 6.95. The van der Waals surface area contributed by atoms with Crippen molar-refractivity contribution in [3.63, 3.8) is 0 Å². The van der Waals surface area contributed by atoms with Gasteiger partial charge in [0.25, 0.3) is 11.1 Å². The minimum Gasteiger partial charge on any atom is -0.495 e. The second kappa shape index (κ2) is 9.81. The van der Waals surface area contributed by atoms with E-state index >= 15 is 0 Å². The van der Waals surface area contributed by atoms with Gasteiger partial charge in [-0.2, -0.15) is 0 Å². The summed E-state index contributed by atoms with van der Waals surface area (Å²) in [4.78, 5) is 22.0. The highest BCUT2D eigenvalue weighted by Crippen LogP contribution is 2.29. The number of hydrogen-bond donors (Lipinski definition) is 0. The Kier molecular flexibility index (Phi) is 6.45. The highest BCUT2D eigenvalue weighted by atomic mass is 32.2. The van der Waals surface area contributed by atoms with Crippen molar-refractivity contribution in [1.82, 2.24) is 9.88 Å². The first-order valence-corrected chi connectivity index (χ1v) is 12.4. The number of methoxy groups -OCH3 is 1. The Balaban J connectivity index is 1.21. The van der Waals surface area contributed by atoms with Crippen LogP contribution in [0.15, 0.2) is 76.4 Å². The van der Waals surface area contributed by atoms with Crippen LogP contribution < -0.4 is 9.64 Å². The first-order chi connectivity index (χ1) is 16.6. The number of rotatable bonds is 6. The molecule has 0 spiro atoms. The molecule has 0 unspecified atom stereocenters. The molecule has 2 heterocycles. The lowest BCUT2D eigenvalue weighted by Crippen LogP contribution is -2.48. The number of nitrogens with zero attached hydrogens (tertiary/aromatic N) is 3. The third kappa shape index (κ3) is 4.75. The third-order valence-electron chi connectivity index (χ3n) is 6.05. The van der Waals surface area contributed by atoms with Gasteiger partial charge < -0.3 is 19.0 Å². The summed E-state index contributed by atoms with van der Waals surface area (Å²) in [6.45, 7) is 4.95. The molecule has 1 fully saturated rings. The minimum atomic E-state index is 0.0730. The van der Waals surface area contributed by atoms with Gasteiger partial charge in [0.2, 0.25) is 0 Å². The predicted molar refractivity (Wildman–Crippen MR) is 136 cm³/mol. The summed E-state index contributed by atoms with van der Waals surface area (Å²) >= 11 is 1.54. The molecule has 1 aromatic heterocycles. The number of anilines is 1. The highest BCUT2D eigenvalue weighted by molar-refractivity contribution is 7.98. The quantitative estimate of drug-likeness (QED) is 0.350. The molecule has 0 aliphatic carbocycles. The fraction of sp³-hybridized carbons (Fsp3) is 0.259. The summed E-state index contributed by atoms with van der Waals surface area (Å²) in [6, 6.07) is 21.9. The maximum atomic E-state index is 13.2. The molecule has 0 bridgehead atoms. The van der Waals surface area contributed by atoms with Gasteiger partial charge in [0.15, 0.2) is 5.58 Å². The van der Waals surface area contributed by atoms with Gasteiger partial charge in [-0.25, -0.2) is 4.98 Å². The standard InChI is InChI=1S/C27H27N3O3S/c1-19-10-11-24-22(16-19)28-27(33-24)34-18-20-6-5-7-21(17-20)26(31)30-14-12-29(13-15-30)23-8-3-4-9-25(23)32-2/h3-11,16-17H,12-15,18H2,1-2H3. The molecule has 6 nitrogen and oxygen atoms in total. The summed E-state index contributed by atoms with van der Waals surface area (Å²) in [7, 11) is 1.69. The van der Waals surface area contributed by atoms with E-state index in [2.05, 4.69) is 16.0 Å². The lowest BCUT2D eigenvalue weighted by atomic mass is 10.1. The Morgan fingerprint density at radius 2 is 1.85 bits per heavy atom. The van der Waals surface area contributed by atoms with Crippen LogP contribution in [0.5, 0.6) is 5.75 Å². The largest absolute Gasteiger partial charge is 0.495 e. The predicted octanol–water partition coefficient (Wildman–Crippen LogP) is 5.40.